The molecule has 0 fully saturated rings. The average Bonchev–Trinajstić information content (AvgIpc) is 2.41. The van der Waals surface area contributed by atoms with Crippen LogP contribution in [0.5, 0.6) is 0 Å². The third-order valence-electron chi connectivity index (χ3n) is 2.31. The highest BCUT2D eigenvalue weighted by Gasteiger charge is 2.04. The Labute approximate surface area is 89.0 Å². The van der Waals surface area contributed by atoms with Crippen LogP contribution in [-0.2, 0) is 6.54 Å². The van der Waals surface area contributed by atoms with Gasteiger partial charge in [-0.25, -0.2) is 10.2 Å². The second-order valence-electron chi connectivity index (χ2n) is 3.30. The molecule has 0 saturated heterocycles. The first-order chi connectivity index (χ1) is 7.06. The van der Waals surface area contributed by atoms with Crippen LogP contribution >= 0.6 is 0 Å². The third-order valence-corrected chi connectivity index (χ3v) is 2.31. The molecule has 82 valence electrons. The van der Waals surface area contributed by atoms with E-state index < -0.39 is 6.03 Å². The summed E-state index contributed by atoms with van der Waals surface area (Å²) in [5.74, 6) is 0. The molecule has 0 bridgehead atoms. The first kappa shape index (κ1) is 11.3. The largest absolute Gasteiger partial charge is 0.350 e. The molecule has 1 heterocycles. The Morgan fingerprint density at radius 1 is 1.67 bits per heavy atom. The maximum Gasteiger partial charge on any atom is 0.332 e. The van der Waals surface area contributed by atoms with Gasteiger partial charge in [0.05, 0.1) is 6.21 Å². The highest BCUT2D eigenvalue weighted by atomic mass is 16.2. The third kappa shape index (κ3) is 2.59. The number of nitrogens with zero attached hydrogens (tertiary/aromatic N) is 2. The van der Waals surface area contributed by atoms with Gasteiger partial charge < -0.3 is 10.3 Å². The van der Waals surface area contributed by atoms with Crippen LogP contribution in [0.25, 0.3) is 0 Å². The molecule has 0 radical (unpaired) electrons. The highest BCUT2D eigenvalue weighted by molar-refractivity contribution is 5.83. The number of aromatic nitrogens is 1. The van der Waals surface area contributed by atoms with Crippen LogP contribution in [0, 0.1) is 13.8 Å². The van der Waals surface area contributed by atoms with Crippen molar-refractivity contribution in [1.29, 1.82) is 0 Å². The monoisotopic (exact) mass is 208 g/mol. The van der Waals surface area contributed by atoms with E-state index in [1.165, 1.54) is 5.69 Å². The first-order valence-corrected chi connectivity index (χ1v) is 4.81. The molecular weight excluding hydrogens is 192 g/mol. The van der Waals surface area contributed by atoms with E-state index in [-0.39, 0.29) is 0 Å². The smallest absolute Gasteiger partial charge is 0.332 e. The number of aryl methyl sites for hydroxylation is 1. The van der Waals surface area contributed by atoms with Crippen molar-refractivity contribution in [2.75, 3.05) is 0 Å². The van der Waals surface area contributed by atoms with Crippen LogP contribution in [0.15, 0.2) is 11.2 Å². The van der Waals surface area contributed by atoms with Crippen molar-refractivity contribution in [1.82, 2.24) is 9.99 Å². The van der Waals surface area contributed by atoms with Gasteiger partial charge in [-0.15, -0.1) is 0 Å². The summed E-state index contributed by atoms with van der Waals surface area (Å²) in [7, 11) is 0. The molecule has 0 saturated carbocycles. The lowest BCUT2D eigenvalue weighted by Gasteiger charge is -2.04. The molecule has 0 aromatic carbocycles. The summed E-state index contributed by atoms with van der Waals surface area (Å²) in [5, 5.41) is 3.73. The van der Waals surface area contributed by atoms with Crippen molar-refractivity contribution in [3.8, 4) is 0 Å². The number of nitrogens with one attached hydrogen (secondary N) is 1. The lowest BCUT2D eigenvalue weighted by Crippen LogP contribution is -2.24. The molecule has 1 aromatic heterocycles. The molecule has 1 aromatic rings. The minimum Gasteiger partial charge on any atom is -0.350 e. The Morgan fingerprint density at radius 3 is 2.80 bits per heavy atom. The molecule has 0 spiro atoms. The molecule has 5 heteroatoms. The molecule has 2 amide bonds. The maximum atomic E-state index is 10.4. The molecular formula is C10H16N4O. The van der Waals surface area contributed by atoms with Gasteiger partial charge in [0, 0.05) is 23.5 Å². The Morgan fingerprint density at radius 2 is 2.33 bits per heavy atom. The number of hydrogen-bond acceptors (Lipinski definition) is 2. The van der Waals surface area contributed by atoms with E-state index in [0.717, 1.165) is 17.8 Å². The summed E-state index contributed by atoms with van der Waals surface area (Å²) in [6.07, 6.45) is 1.60. The number of carbonyl (C=O) groups is 1. The zero-order valence-electron chi connectivity index (χ0n) is 9.24. The van der Waals surface area contributed by atoms with Crippen LogP contribution in [0.2, 0.25) is 0 Å². The molecule has 0 atom stereocenters. The fourth-order valence-corrected chi connectivity index (χ4v) is 1.61. The topological polar surface area (TPSA) is 72.4 Å². The van der Waals surface area contributed by atoms with Crippen molar-refractivity contribution in [3.05, 3.63) is 23.0 Å². The summed E-state index contributed by atoms with van der Waals surface area (Å²) >= 11 is 0. The Kier molecular flexibility index (Phi) is 3.49. The molecule has 1 rings (SSSR count). The number of carbonyl (C=O) groups excluding carboxylic acids is 1. The lowest BCUT2D eigenvalue weighted by molar-refractivity contribution is 0.249. The van der Waals surface area contributed by atoms with E-state index in [1.54, 1.807) is 6.21 Å². The van der Waals surface area contributed by atoms with E-state index in [9.17, 15) is 4.79 Å². The van der Waals surface area contributed by atoms with Gasteiger partial charge in [-0.3, -0.25) is 0 Å². The van der Waals surface area contributed by atoms with Gasteiger partial charge in [0.2, 0.25) is 0 Å². The van der Waals surface area contributed by atoms with E-state index in [2.05, 4.69) is 22.0 Å². The number of rotatable bonds is 3. The van der Waals surface area contributed by atoms with Crippen molar-refractivity contribution in [3.63, 3.8) is 0 Å². The van der Waals surface area contributed by atoms with Gasteiger partial charge in [0.25, 0.3) is 0 Å². The predicted octanol–water partition coefficient (Wildman–Crippen LogP) is 1.13. The average molecular weight is 208 g/mol. The van der Waals surface area contributed by atoms with Crippen molar-refractivity contribution in [2.24, 2.45) is 10.8 Å². The summed E-state index contributed by atoms with van der Waals surface area (Å²) in [6.45, 7) is 7.06. The normalized spacial score (nSPS) is 10.9. The quantitative estimate of drug-likeness (QED) is 0.567. The number of nitrogens with two attached hydrogens (primary N) is 1. The number of urea groups is 1. The molecule has 3 N–H and O–H groups in total. The van der Waals surface area contributed by atoms with Crippen molar-refractivity contribution in [2.45, 2.75) is 27.3 Å². The zero-order chi connectivity index (χ0) is 11.4. The van der Waals surface area contributed by atoms with Crippen LogP contribution in [-0.4, -0.2) is 16.8 Å². The fraction of sp³-hybridized carbons (Fsp3) is 0.400. The summed E-state index contributed by atoms with van der Waals surface area (Å²) in [5.41, 5.74) is 10.3. The molecule has 0 aliphatic rings. The molecule has 5 nitrogen and oxygen atoms in total. The first-order valence-electron chi connectivity index (χ1n) is 4.81. The number of hydrogen-bond donors (Lipinski definition) is 2. The highest BCUT2D eigenvalue weighted by Crippen LogP contribution is 2.12. The van der Waals surface area contributed by atoms with Crippen LogP contribution in [0.4, 0.5) is 4.79 Å². The van der Waals surface area contributed by atoms with Gasteiger partial charge in [-0.2, -0.15) is 5.10 Å². The standard InChI is InChI=1S/C10H16N4O/c1-4-14-7(2)5-9(8(14)3)6-12-13-10(11)15/h5-6H,4H2,1-3H3,(H3,11,13,15)/b12-6-. The summed E-state index contributed by atoms with van der Waals surface area (Å²) < 4.78 is 2.17. The predicted molar refractivity (Wildman–Crippen MR) is 59.9 cm³/mol. The summed E-state index contributed by atoms with van der Waals surface area (Å²) in [4.78, 5) is 10.4. The van der Waals surface area contributed by atoms with Gasteiger partial charge in [0.15, 0.2) is 0 Å². The van der Waals surface area contributed by atoms with E-state index in [4.69, 9.17) is 5.73 Å². The number of hydrazone groups is 1. The van der Waals surface area contributed by atoms with Gasteiger partial charge in [0.1, 0.15) is 0 Å². The molecule has 15 heavy (non-hydrogen) atoms. The number of amides is 2. The Balaban J connectivity index is 2.87. The minimum atomic E-state index is -0.657. The summed E-state index contributed by atoms with van der Waals surface area (Å²) in [6, 6.07) is 1.36. The minimum absolute atomic E-state index is 0.657. The Bertz CT molecular complexity index is 392. The molecule has 0 aliphatic heterocycles. The van der Waals surface area contributed by atoms with Crippen LogP contribution in [0.3, 0.4) is 0 Å². The second kappa shape index (κ2) is 4.63. The van der Waals surface area contributed by atoms with Crippen molar-refractivity contribution >= 4 is 12.2 Å². The fourth-order valence-electron chi connectivity index (χ4n) is 1.61. The van der Waals surface area contributed by atoms with Gasteiger partial charge in [-0.05, 0) is 26.8 Å². The SMILES string of the molecule is CCn1c(C)cc(/C=N\NC(N)=O)c1C. The number of primary amides is 1. The lowest BCUT2D eigenvalue weighted by atomic mass is 10.3. The second-order valence-corrected chi connectivity index (χ2v) is 3.30. The Hall–Kier alpha value is -1.78. The maximum absolute atomic E-state index is 10.4. The zero-order valence-corrected chi connectivity index (χ0v) is 9.24. The van der Waals surface area contributed by atoms with Crippen molar-refractivity contribution < 1.29 is 4.79 Å². The van der Waals surface area contributed by atoms with E-state index in [0.29, 0.717) is 0 Å². The van der Waals surface area contributed by atoms with E-state index >= 15 is 0 Å². The van der Waals surface area contributed by atoms with Gasteiger partial charge in [-0.1, -0.05) is 0 Å². The van der Waals surface area contributed by atoms with Gasteiger partial charge >= 0.3 is 6.03 Å². The van der Waals surface area contributed by atoms with Crippen LogP contribution < -0.4 is 11.2 Å². The molecule has 0 unspecified atom stereocenters. The molecule has 0 aliphatic carbocycles. The van der Waals surface area contributed by atoms with E-state index in [1.807, 2.05) is 19.9 Å². The van der Waals surface area contributed by atoms with Crippen LogP contribution in [0.1, 0.15) is 23.9 Å².